The number of hydrogen-bond donors (Lipinski definition) is 3. The molecule has 0 spiro atoms. The molecule has 0 radical (unpaired) electrons. The zero-order chi connectivity index (χ0) is 67.6. The molecule has 0 aliphatic carbocycles. The van der Waals surface area contributed by atoms with Crippen LogP contribution in [0.2, 0.25) is 0 Å². The molecule has 550 valence electrons. The molecule has 0 aliphatic heterocycles. The van der Waals surface area contributed by atoms with Crippen LogP contribution in [-0.2, 0) is 18.4 Å². The second-order valence-corrected chi connectivity index (χ2v) is 31.3. The highest BCUT2D eigenvalue weighted by atomic mass is 31.2. The van der Waals surface area contributed by atoms with Gasteiger partial charge in [0.05, 0.1) is 39.9 Å². The maximum Gasteiger partial charge on any atom is 0.472 e. The number of phosphoric acid groups is 1. The number of unbranched alkanes of at least 4 members (excludes halogenated alkanes) is 59. The fourth-order valence-electron chi connectivity index (χ4n) is 12.9. The topological polar surface area (TPSA) is 105 Å². The van der Waals surface area contributed by atoms with Gasteiger partial charge >= 0.3 is 7.82 Å². The summed E-state index contributed by atoms with van der Waals surface area (Å²) in [6.07, 6.45) is 103. The fourth-order valence-corrected chi connectivity index (χ4v) is 13.6. The van der Waals surface area contributed by atoms with Gasteiger partial charge in [-0.25, -0.2) is 4.57 Å². The van der Waals surface area contributed by atoms with Gasteiger partial charge in [-0.15, -0.1) is 0 Å². The van der Waals surface area contributed by atoms with E-state index in [9.17, 15) is 19.4 Å². The second kappa shape index (κ2) is 74.7. The molecule has 93 heavy (non-hydrogen) atoms. The Labute approximate surface area is 581 Å². The molecule has 0 saturated carbocycles. The summed E-state index contributed by atoms with van der Waals surface area (Å²) in [7, 11) is 1.59. The van der Waals surface area contributed by atoms with Gasteiger partial charge in [0.15, 0.2) is 0 Å². The molecular formula is C84H164N2O6P+. The summed E-state index contributed by atoms with van der Waals surface area (Å²) in [6.45, 7) is 4.87. The van der Waals surface area contributed by atoms with Crippen LogP contribution in [0.5, 0.6) is 0 Å². The van der Waals surface area contributed by atoms with Crippen molar-refractivity contribution >= 4 is 13.7 Å². The molecule has 3 unspecified atom stereocenters. The number of hydrogen-bond acceptors (Lipinski definition) is 5. The molecule has 8 nitrogen and oxygen atoms in total. The van der Waals surface area contributed by atoms with E-state index in [4.69, 9.17) is 9.05 Å². The number of phosphoric ester groups is 1. The van der Waals surface area contributed by atoms with Gasteiger partial charge in [-0.1, -0.05) is 416 Å². The highest BCUT2D eigenvalue weighted by molar-refractivity contribution is 7.47. The van der Waals surface area contributed by atoms with Crippen LogP contribution in [0.15, 0.2) is 48.6 Å². The SMILES string of the molecule is CCCCCCC/C=C\C/C=C\C/C=C\CCCCCCCCCCCCCCCCCCCCCCCCCCC(=O)NC(COP(=O)(O)OCC[N+](C)(C)C)C(O)/C=C/CCCCCCCCCCCCCCCCCCCCCCCCCCCCCCCC. The van der Waals surface area contributed by atoms with Crippen molar-refractivity contribution in [3.05, 3.63) is 48.6 Å². The van der Waals surface area contributed by atoms with Gasteiger partial charge in [0.1, 0.15) is 13.2 Å². The summed E-state index contributed by atoms with van der Waals surface area (Å²) in [4.78, 5) is 23.5. The largest absolute Gasteiger partial charge is 0.472 e. The quantitative estimate of drug-likeness (QED) is 0.0243. The number of quaternary nitrogens is 1. The summed E-state index contributed by atoms with van der Waals surface area (Å²) in [5.74, 6) is -0.168. The standard InChI is InChI=1S/C84H163N2O6P/c1-6-8-10-12-14-16-18-20-22-24-26-28-30-32-34-36-38-40-41-42-43-44-45-46-48-50-52-54-56-58-60-62-64-66-68-70-72-74-76-78-84(88)85-82(81-92-93(89,90)91-80-79-86(3,4)5)83(87)77-75-73-71-69-67-65-63-61-59-57-55-53-51-49-47-39-37-35-33-31-29-27-25-23-21-19-17-15-13-11-9-7-2/h18,20,24,26,30,32,75,77,82-83,87H,6-17,19,21-23,25,27-29,31,33-74,76,78-81H2,1-5H3,(H-,85,88,89,90)/p+1/b20-18-,26-24-,32-30-,77-75+. The number of aliphatic hydroxyl groups excluding tert-OH is 1. The minimum Gasteiger partial charge on any atom is -0.387 e. The molecule has 9 heteroatoms. The number of carbonyl (C=O) groups excluding carboxylic acids is 1. The lowest BCUT2D eigenvalue weighted by Crippen LogP contribution is -2.45. The van der Waals surface area contributed by atoms with Crippen molar-refractivity contribution in [2.75, 3.05) is 40.9 Å². The van der Waals surface area contributed by atoms with Crippen LogP contribution < -0.4 is 5.32 Å². The highest BCUT2D eigenvalue weighted by Crippen LogP contribution is 2.43. The van der Waals surface area contributed by atoms with Gasteiger partial charge in [-0.2, -0.15) is 0 Å². The summed E-state index contributed by atoms with van der Waals surface area (Å²) in [5, 5.41) is 14.1. The second-order valence-electron chi connectivity index (χ2n) is 29.9. The van der Waals surface area contributed by atoms with Crippen molar-refractivity contribution in [1.82, 2.24) is 5.32 Å². The zero-order valence-electron chi connectivity index (χ0n) is 63.3. The van der Waals surface area contributed by atoms with Gasteiger partial charge in [0, 0.05) is 6.42 Å². The first kappa shape index (κ1) is 91.5. The summed E-state index contributed by atoms with van der Waals surface area (Å²) >= 11 is 0. The van der Waals surface area contributed by atoms with E-state index in [1.807, 2.05) is 27.2 Å². The number of amides is 1. The Balaban J connectivity index is 3.92. The van der Waals surface area contributed by atoms with E-state index in [2.05, 4.69) is 55.6 Å². The van der Waals surface area contributed by atoms with E-state index in [0.29, 0.717) is 17.4 Å². The van der Waals surface area contributed by atoms with Gasteiger partial charge in [-0.3, -0.25) is 13.8 Å². The van der Waals surface area contributed by atoms with Crippen LogP contribution in [-0.4, -0.2) is 73.4 Å². The minimum atomic E-state index is -4.36. The van der Waals surface area contributed by atoms with E-state index in [0.717, 1.165) is 44.9 Å². The molecule has 3 atom stereocenters. The van der Waals surface area contributed by atoms with Crippen LogP contribution >= 0.6 is 7.82 Å². The van der Waals surface area contributed by atoms with Crippen molar-refractivity contribution in [3.63, 3.8) is 0 Å². The molecule has 0 aromatic carbocycles. The van der Waals surface area contributed by atoms with Gasteiger partial charge in [-0.05, 0) is 57.8 Å². The fraction of sp³-hybridized carbons (Fsp3) is 0.893. The summed E-state index contributed by atoms with van der Waals surface area (Å²) in [6, 6.07) is -0.848. The average Bonchev–Trinajstić information content (AvgIpc) is 1.94. The van der Waals surface area contributed by atoms with Crippen LogP contribution in [0.4, 0.5) is 0 Å². The highest BCUT2D eigenvalue weighted by Gasteiger charge is 2.28. The molecular weight excluding hydrogens is 1160 g/mol. The first-order chi connectivity index (χ1) is 45.5. The Morgan fingerprint density at radius 1 is 0.366 bits per heavy atom. The number of aliphatic hydroxyl groups is 1. The van der Waals surface area contributed by atoms with Gasteiger partial charge < -0.3 is 19.8 Å². The monoisotopic (exact) mass is 1330 g/mol. The predicted molar refractivity (Wildman–Crippen MR) is 411 cm³/mol. The summed E-state index contributed by atoms with van der Waals surface area (Å²) in [5.41, 5.74) is 0. The maximum absolute atomic E-state index is 13.1. The molecule has 0 fully saturated rings. The Bertz CT molecular complexity index is 1660. The van der Waals surface area contributed by atoms with Crippen molar-refractivity contribution < 1.29 is 32.9 Å². The first-order valence-corrected chi connectivity index (χ1v) is 43.0. The first-order valence-electron chi connectivity index (χ1n) is 41.5. The predicted octanol–water partition coefficient (Wildman–Crippen LogP) is 27.3. The summed E-state index contributed by atoms with van der Waals surface area (Å²) < 4.78 is 23.9. The Morgan fingerprint density at radius 3 is 0.892 bits per heavy atom. The van der Waals surface area contributed by atoms with Gasteiger partial charge in [0.2, 0.25) is 5.91 Å². The Morgan fingerprint density at radius 2 is 0.613 bits per heavy atom. The van der Waals surface area contributed by atoms with Crippen molar-refractivity contribution in [2.24, 2.45) is 0 Å². The van der Waals surface area contributed by atoms with E-state index < -0.39 is 20.0 Å². The Kier molecular flexibility index (Phi) is 73.4. The molecule has 0 rings (SSSR count). The number of nitrogens with zero attached hydrogens (tertiary/aromatic N) is 1. The third kappa shape index (κ3) is 77.7. The lowest BCUT2D eigenvalue weighted by molar-refractivity contribution is -0.870. The molecule has 0 aliphatic rings. The van der Waals surface area contributed by atoms with Crippen LogP contribution in [0.1, 0.15) is 431 Å². The number of allylic oxidation sites excluding steroid dienone is 7. The van der Waals surface area contributed by atoms with E-state index >= 15 is 0 Å². The van der Waals surface area contributed by atoms with E-state index in [1.54, 1.807) is 6.08 Å². The van der Waals surface area contributed by atoms with Crippen molar-refractivity contribution in [2.45, 2.75) is 443 Å². The lowest BCUT2D eigenvalue weighted by atomic mass is 10.0. The minimum absolute atomic E-state index is 0.0637. The number of nitrogens with one attached hydrogen (secondary N) is 1. The molecule has 1 amide bonds. The number of rotatable bonds is 78. The van der Waals surface area contributed by atoms with Crippen LogP contribution in [0.3, 0.4) is 0 Å². The normalized spacial score (nSPS) is 13.7. The van der Waals surface area contributed by atoms with E-state index in [1.165, 1.54) is 366 Å². The van der Waals surface area contributed by atoms with Crippen molar-refractivity contribution in [3.8, 4) is 0 Å². The number of carbonyl (C=O) groups is 1. The third-order valence-corrected chi connectivity index (χ3v) is 20.3. The molecule has 0 heterocycles. The van der Waals surface area contributed by atoms with Crippen LogP contribution in [0.25, 0.3) is 0 Å². The molecule has 0 aromatic heterocycles. The van der Waals surface area contributed by atoms with E-state index in [-0.39, 0.29) is 19.1 Å². The number of likely N-dealkylation sites (N-methyl/N-ethyl adjacent to an activating group) is 1. The third-order valence-electron chi connectivity index (χ3n) is 19.3. The molecule has 0 aromatic rings. The molecule has 0 bridgehead atoms. The van der Waals surface area contributed by atoms with Crippen molar-refractivity contribution in [1.29, 1.82) is 0 Å². The molecule has 0 saturated heterocycles. The Hall–Kier alpha value is -1.54. The van der Waals surface area contributed by atoms with Crippen LogP contribution in [0, 0.1) is 0 Å². The smallest absolute Gasteiger partial charge is 0.387 e. The molecule has 3 N–H and O–H groups in total. The lowest BCUT2D eigenvalue weighted by Gasteiger charge is -2.25. The zero-order valence-corrected chi connectivity index (χ0v) is 64.2. The average molecular weight is 1330 g/mol. The van der Waals surface area contributed by atoms with Gasteiger partial charge in [0.25, 0.3) is 0 Å². The maximum atomic E-state index is 13.1.